The molecule has 4 heteroatoms. The summed E-state index contributed by atoms with van der Waals surface area (Å²) < 4.78 is 27.2. The van der Waals surface area contributed by atoms with Crippen LogP contribution in [0.15, 0.2) is 0 Å². The van der Waals surface area contributed by atoms with Gasteiger partial charge in [0.05, 0.1) is 0 Å². The zero-order valence-electron chi connectivity index (χ0n) is 5.02. The zero-order valence-corrected chi connectivity index (χ0v) is 5.91. The number of ether oxygens (including phenoxy) is 1. The highest BCUT2D eigenvalue weighted by Crippen LogP contribution is 1.93. The molecule has 0 rings (SSSR count). The number of halogens is 2. The minimum Gasteiger partial charge on any atom is -0.375 e. The molecule has 56 valence electrons. The summed E-state index contributed by atoms with van der Waals surface area (Å²) in [6.07, 6.45) is -1.61. The Bertz CT molecular complexity index is 60.9. The molecule has 0 unspecified atom stereocenters. The Balaban J connectivity index is 2.75. The van der Waals surface area contributed by atoms with E-state index in [0.717, 1.165) is 6.42 Å². The van der Waals surface area contributed by atoms with Gasteiger partial charge in [0.25, 0.3) is 6.43 Å². The number of hydrogen-bond acceptors (Lipinski definition) is 2. The molecular formula is C5H10F2OS. The molecule has 0 N–H and O–H groups in total. The molecule has 0 aliphatic heterocycles. The smallest absolute Gasteiger partial charge is 0.261 e. The van der Waals surface area contributed by atoms with Crippen LogP contribution in [0.5, 0.6) is 0 Å². The van der Waals surface area contributed by atoms with Crippen LogP contribution in [-0.2, 0) is 4.74 Å². The molecule has 0 aromatic heterocycles. The van der Waals surface area contributed by atoms with E-state index >= 15 is 0 Å². The third-order valence-electron chi connectivity index (χ3n) is 0.691. The van der Waals surface area contributed by atoms with Crippen molar-refractivity contribution in [2.24, 2.45) is 0 Å². The standard InChI is InChI=1S/C5H10F2OS/c6-5(7)4-8-2-1-3-9/h5,9H,1-4H2. The van der Waals surface area contributed by atoms with Gasteiger partial charge in [0.15, 0.2) is 0 Å². The van der Waals surface area contributed by atoms with Crippen molar-refractivity contribution < 1.29 is 13.5 Å². The van der Waals surface area contributed by atoms with Gasteiger partial charge in [-0.15, -0.1) is 0 Å². The van der Waals surface area contributed by atoms with E-state index in [4.69, 9.17) is 0 Å². The number of thiol groups is 1. The second kappa shape index (κ2) is 6.29. The summed E-state index contributed by atoms with van der Waals surface area (Å²) >= 11 is 3.88. The van der Waals surface area contributed by atoms with Gasteiger partial charge in [-0.05, 0) is 12.2 Å². The third kappa shape index (κ3) is 8.17. The molecule has 0 saturated heterocycles. The molecule has 9 heavy (non-hydrogen) atoms. The van der Waals surface area contributed by atoms with Gasteiger partial charge in [0.1, 0.15) is 6.61 Å². The highest BCUT2D eigenvalue weighted by molar-refractivity contribution is 7.80. The normalized spacial score (nSPS) is 10.7. The van der Waals surface area contributed by atoms with Gasteiger partial charge < -0.3 is 4.74 Å². The monoisotopic (exact) mass is 156 g/mol. The summed E-state index contributed by atoms with van der Waals surface area (Å²) in [5, 5.41) is 0. The number of alkyl halides is 2. The van der Waals surface area contributed by atoms with Crippen molar-refractivity contribution in [1.29, 1.82) is 0 Å². The van der Waals surface area contributed by atoms with E-state index in [1.54, 1.807) is 0 Å². The lowest BCUT2D eigenvalue weighted by molar-refractivity contribution is 0.0181. The van der Waals surface area contributed by atoms with Crippen molar-refractivity contribution in [2.75, 3.05) is 19.0 Å². The molecular weight excluding hydrogens is 146 g/mol. The fourth-order valence-electron chi connectivity index (χ4n) is 0.339. The predicted octanol–water partition coefficient (Wildman–Crippen LogP) is 1.59. The van der Waals surface area contributed by atoms with Crippen LogP contribution in [0.25, 0.3) is 0 Å². The molecule has 0 radical (unpaired) electrons. The van der Waals surface area contributed by atoms with Crippen LogP contribution in [-0.4, -0.2) is 25.4 Å². The highest BCUT2D eigenvalue weighted by atomic mass is 32.1. The van der Waals surface area contributed by atoms with E-state index < -0.39 is 13.0 Å². The van der Waals surface area contributed by atoms with Crippen LogP contribution in [0.2, 0.25) is 0 Å². The summed E-state index contributed by atoms with van der Waals surface area (Å²) in [6.45, 7) is -0.0678. The van der Waals surface area contributed by atoms with Gasteiger partial charge in [0.2, 0.25) is 0 Å². The van der Waals surface area contributed by atoms with Crippen molar-refractivity contribution in [2.45, 2.75) is 12.8 Å². The summed E-state index contributed by atoms with van der Waals surface area (Å²) in [5.74, 6) is 0.684. The molecule has 0 amide bonds. The molecule has 0 heterocycles. The van der Waals surface area contributed by atoms with E-state index in [9.17, 15) is 8.78 Å². The van der Waals surface area contributed by atoms with E-state index in [-0.39, 0.29) is 0 Å². The van der Waals surface area contributed by atoms with E-state index in [0.29, 0.717) is 12.4 Å². The second-order valence-electron chi connectivity index (χ2n) is 1.54. The molecule has 0 aliphatic carbocycles. The quantitative estimate of drug-likeness (QED) is 0.469. The van der Waals surface area contributed by atoms with Gasteiger partial charge in [0, 0.05) is 6.61 Å². The van der Waals surface area contributed by atoms with E-state index in [2.05, 4.69) is 17.4 Å². The first-order valence-corrected chi connectivity index (χ1v) is 3.37. The third-order valence-corrected chi connectivity index (χ3v) is 1.01. The molecule has 0 aromatic rings. The van der Waals surface area contributed by atoms with Crippen molar-refractivity contribution in [3.05, 3.63) is 0 Å². The van der Waals surface area contributed by atoms with Crippen LogP contribution in [0.1, 0.15) is 6.42 Å². The maximum absolute atomic E-state index is 11.3. The topological polar surface area (TPSA) is 9.23 Å². The summed E-state index contributed by atoms with van der Waals surface area (Å²) in [6, 6.07) is 0. The first-order chi connectivity index (χ1) is 4.27. The lowest BCUT2D eigenvalue weighted by atomic mass is 10.5. The first kappa shape index (κ1) is 9.17. The molecule has 0 aromatic carbocycles. The average Bonchev–Trinajstić information content (AvgIpc) is 1.80. The second-order valence-corrected chi connectivity index (χ2v) is 1.99. The molecule has 0 spiro atoms. The summed E-state index contributed by atoms with van der Waals surface area (Å²) in [7, 11) is 0. The van der Waals surface area contributed by atoms with Crippen LogP contribution >= 0.6 is 12.6 Å². The summed E-state index contributed by atoms with van der Waals surface area (Å²) in [5.41, 5.74) is 0. The fourth-order valence-corrected chi connectivity index (χ4v) is 0.468. The SMILES string of the molecule is FC(F)COCCCS. The Morgan fingerprint density at radius 2 is 2.11 bits per heavy atom. The Morgan fingerprint density at radius 1 is 1.44 bits per heavy atom. The van der Waals surface area contributed by atoms with Crippen molar-refractivity contribution in [3.8, 4) is 0 Å². The van der Waals surface area contributed by atoms with Crippen LogP contribution in [0, 0.1) is 0 Å². The van der Waals surface area contributed by atoms with Crippen LogP contribution in [0.3, 0.4) is 0 Å². The zero-order chi connectivity index (χ0) is 7.11. The van der Waals surface area contributed by atoms with Crippen LogP contribution in [0.4, 0.5) is 8.78 Å². The minimum absolute atomic E-state index is 0.383. The van der Waals surface area contributed by atoms with Crippen molar-refractivity contribution in [1.82, 2.24) is 0 Å². The molecule has 0 aliphatic rings. The fraction of sp³-hybridized carbons (Fsp3) is 1.00. The van der Waals surface area contributed by atoms with Gasteiger partial charge in [-0.1, -0.05) is 0 Å². The highest BCUT2D eigenvalue weighted by Gasteiger charge is 1.99. The van der Waals surface area contributed by atoms with Crippen molar-refractivity contribution in [3.63, 3.8) is 0 Å². The molecule has 0 atom stereocenters. The van der Waals surface area contributed by atoms with Gasteiger partial charge in [-0.2, -0.15) is 12.6 Å². The van der Waals surface area contributed by atoms with Gasteiger partial charge >= 0.3 is 0 Å². The Labute approximate surface area is 58.8 Å². The largest absolute Gasteiger partial charge is 0.375 e. The average molecular weight is 156 g/mol. The maximum Gasteiger partial charge on any atom is 0.261 e. The number of hydrogen-bond donors (Lipinski definition) is 1. The lowest BCUT2D eigenvalue weighted by Crippen LogP contribution is -2.05. The van der Waals surface area contributed by atoms with Gasteiger partial charge in [-0.3, -0.25) is 0 Å². The Kier molecular flexibility index (Phi) is 6.41. The molecule has 0 bridgehead atoms. The Hall–Kier alpha value is 0.170. The molecule has 0 saturated carbocycles. The molecule has 1 nitrogen and oxygen atoms in total. The van der Waals surface area contributed by atoms with E-state index in [1.807, 2.05) is 0 Å². The maximum atomic E-state index is 11.3. The van der Waals surface area contributed by atoms with Gasteiger partial charge in [-0.25, -0.2) is 8.78 Å². The predicted molar refractivity (Wildman–Crippen MR) is 35.3 cm³/mol. The van der Waals surface area contributed by atoms with Crippen molar-refractivity contribution >= 4 is 12.6 Å². The first-order valence-electron chi connectivity index (χ1n) is 2.74. The minimum atomic E-state index is -2.34. The van der Waals surface area contributed by atoms with E-state index in [1.165, 1.54) is 0 Å². The Morgan fingerprint density at radius 3 is 2.56 bits per heavy atom. The number of rotatable bonds is 5. The summed E-state index contributed by atoms with van der Waals surface area (Å²) in [4.78, 5) is 0. The lowest BCUT2D eigenvalue weighted by Gasteiger charge is -1.99. The van der Waals surface area contributed by atoms with Crippen LogP contribution < -0.4 is 0 Å². The molecule has 0 fully saturated rings.